The number of likely N-dealkylation sites (tertiary alicyclic amines) is 1. The number of fused-ring (bicyclic) bond motifs is 1. The van der Waals surface area contributed by atoms with Crippen molar-refractivity contribution in [2.45, 2.75) is 58.2 Å². The van der Waals surface area contributed by atoms with E-state index in [1.807, 2.05) is 0 Å². The molecule has 3 rings (SSSR count). The third kappa shape index (κ3) is 2.10. The fourth-order valence-corrected chi connectivity index (χ4v) is 4.50. The Morgan fingerprint density at radius 2 is 1.83 bits per heavy atom. The van der Waals surface area contributed by atoms with Crippen LogP contribution in [0.4, 0.5) is 0 Å². The monoisotopic (exact) mass is 252 g/mol. The van der Waals surface area contributed by atoms with Crippen molar-refractivity contribution in [1.82, 2.24) is 9.80 Å². The normalized spacial score (nSPS) is 42.0. The van der Waals surface area contributed by atoms with Gasteiger partial charge in [-0.3, -0.25) is 9.80 Å². The van der Waals surface area contributed by atoms with Gasteiger partial charge < -0.3 is 4.74 Å². The summed E-state index contributed by atoms with van der Waals surface area (Å²) in [6.45, 7) is 15.0. The highest BCUT2D eigenvalue weighted by Crippen LogP contribution is 2.61. The highest BCUT2D eigenvalue weighted by molar-refractivity contribution is 5.19. The number of nitrogens with zero attached hydrogens (tertiary/aromatic N) is 2. The molecule has 0 bridgehead atoms. The third-order valence-corrected chi connectivity index (χ3v) is 5.08. The summed E-state index contributed by atoms with van der Waals surface area (Å²) in [5, 5.41) is 0. The van der Waals surface area contributed by atoms with E-state index in [0.29, 0.717) is 11.0 Å². The molecule has 3 atom stereocenters. The van der Waals surface area contributed by atoms with Crippen LogP contribution in [0, 0.1) is 5.41 Å². The lowest BCUT2D eigenvalue weighted by Gasteiger charge is -2.37. The third-order valence-electron chi connectivity index (χ3n) is 5.08. The second-order valence-corrected chi connectivity index (χ2v) is 7.60. The minimum absolute atomic E-state index is 0.327. The SMILES string of the molecule is C[C@@H]1C[C@@]2(CN3CCOCC3)CC2N1C(C)(C)C. The van der Waals surface area contributed by atoms with E-state index in [4.69, 9.17) is 4.74 Å². The van der Waals surface area contributed by atoms with Crippen LogP contribution in [0.3, 0.4) is 0 Å². The first-order valence-electron chi connectivity index (χ1n) is 7.51. The van der Waals surface area contributed by atoms with E-state index in [9.17, 15) is 0 Å². The molecule has 0 aromatic heterocycles. The average Bonchev–Trinajstić information content (AvgIpc) is 2.82. The predicted octanol–water partition coefficient (Wildman–Crippen LogP) is 1.97. The fraction of sp³-hybridized carbons (Fsp3) is 1.00. The summed E-state index contributed by atoms with van der Waals surface area (Å²) in [5.41, 5.74) is 0.942. The summed E-state index contributed by atoms with van der Waals surface area (Å²) in [6, 6.07) is 1.60. The first-order chi connectivity index (χ1) is 8.42. The second-order valence-electron chi connectivity index (χ2n) is 7.60. The molecule has 3 nitrogen and oxygen atoms in total. The quantitative estimate of drug-likeness (QED) is 0.747. The molecule has 2 aliphatic heterocycles. The summed E-state index contributed by atoms with van der Waals surface area (Å²) in [6.07, 6.45) is 2.82. The molecule has 1 saturated carbocycles. The lowest BCUT2D eigenvalue weighted by Crippen LogP contribution is -2.45. The summed E-state index contributed by atoms with van der Waals surface area (Å²) in [5.74, 6) is 0. The van der Waals surface area contributed by atoms with E-state index in [2.05, 4.69) is 37.5 Å². The molecule has 2 heterocycles. The summed E-state index contributed by atoms with van der Waals surface area (Å²) < 4.78 is 5.46. The minimum atomic E-state index is 0.327. The molecule has 1 aliphatic carbocycles. The number of piperidine rings is 1. The Morgan fingerprint density at radius 1 is 1.17 bits per heavy atom. The maximum atomic E-state index is 5.46. The molecular formula is C15H28N2O. The van der Waals surface area contributed by atoms with Crippen molar-refractivity contribution in [2.75, 3.05) is 32.8 Å². The lowest BCUT2D eigenvalue weighted by atomic mass is 9.98. The van der Waals surface area contributed by atoms with E-state index >= 15 is 0 Å². The molecule has 2 saturated heterocycles. The van der Waals surface area contributed by atoms with E-state index in [0.717, 1.165) is 38.4 Å². The standard InChI is InChI=1S/C15H28N2O/c1-12-9-15(11-16-5-7-18-8-6-16)10-13(15)17(12)14(2,3)4/h12-13H,5-11H2,1-4H3/t12-,13?,15+/m1/s1. The van der Waals surface area contributed by atoms with Gasteiger partial charge in [0.15, 0.2) is 0 Å². The Kier molecular flexibility index (Phi) is 3.00. The largest absolute Gasteiger partial charge is 0.379 e. The highest BCUT2D eigenvalue weighted by atomic mass is 16.5. The zero-order valence-electron chi connectivity index (χ0n) is 12.4. The maximum absolute atomic E-state index is 5.46. The van der Waals surface area contributed by atoms with Gasteiger partial charge in [-0.25, -0.2) is 0 Å². The number of hydrogen-bond acceptors (Lipinski definition) is 3. The van der Waals surface area contributed by atoms with Crippen molar-refractivity contribution in [3.8, 4) is 0 Å². The van der Waals surface area contributed by atoms with Gasteiger partial charge in [0, 0.05) is 42.7 Å². The van der Waals surface area contributed by atoms with Gasteiger partial charge in [-0.05, 0) is 40.5 Å². The van der Waals surface area contributed by atoms with E-state index < -0.39 is 0 Å². The zero-order chi connectivity index (χ0) is 13.0. The van der Waals surface area contributed by atoms with Crippen LogP contribution in [-0.2, 0) is 4.74 Å². The van der Waals surface area contributed by atoms with Crippen molar-refractivity contribution in [2.24, 2.45) is 5.41 Å². The van der Waals surface area contributed by atoms with E-state index in [-0.39, 0.29) is 0 Å². The molecule has 3 fully saturated rings. The molecule has 104 valence electrons. The van der Waals surface area contributed by atoms with Crippen LogP contribution in [0.2, 0.25) is 0 Å². The van der Waals surface area contributed by atoms with Crippen molar-refractivity contribution < 1.29 is 4.74 Å². The Bertz CT molecular complexity index is 319. The number of rotatable bonds is 2. The van der Waals surface area contributed by atoms with Crippen molar-refractivity contribution in [1.29, 1.82) is 0 Å². The highest BCUT2D eigenvalue weighted by Gasteiger charge is 2.65. The topological polar surface area (TPSA) is 15.7 Å². The number of morpholine rings is 1. The van der Waals surface area contributed by atoms with Crippen molar-refractivity contribution in [3.05, 3.63) is 0 Å². The fourth-order valence-electron chi connectivity index (χ4n) is 4.50. The van der Waals surface area contributed by atoms with Gasteiger partial charge in [0.25, 0.3) is 0 Å². The smallest absolute Gasteiger partial charge is 0.0594 e. The van der Waals surface area contributed by atoms with Crippen LogP contribution in [0.5, 0.6) is 0 Å². The van der Waals surface area contributed by atoms with Gasteiger partial charge in [-0.2, -0.15) is 0 Å². The van der Waals surface area contributed by atoms with Crippen LogP contribution >= 0.6 is 0 Å². The molecular weight excluding hydrogens is 224 g/mol. The Labute approximate surface area is 111 Å². The second kappa shape index (κ2) is 4.19. The van der Waals surface area contributed by atoms with Gasteiger partial charge >= 0.3 is 0 Å². The van der Waals surface area contributed by atoms with Crippen LogP contribution in [-0.4, -0.2) is 60.3 Å². The van der Waals surface area contributed by atoms with Gasteiger partial charge in [-0.1, -0.05) is 0 Å². The Hall–Kier alpha value is -0.120. The van der Waals surface area contributed by atoms with Gasteiger partial charge in [0.2, 0.25) is 0 Å². The molecule has 0 aromatic rings. The van der Waals surface area contributed by atoms with Crippen LogP contribution < -0.4 is 0 Å². The average molecular weight is 252 g/mol. The molecule has 1 unspecified atom stereocenters. The van der Waals surface area contributed by atoms with Gasteiger partial charge in [0.05, 0.1) is 13.2 Å². The molecule has 0 N–H and O–H groups in total. The molecule has 0 amide bonds. The zero-order valence-corrected chi connectivity index (χ0v) is 12.4. The first-order valence-corrected chi connectivity index (χ1v) is 7.51. The molecule has 0 aromatic carbocycles. The van der Waals surface area contributed by atoms with E-state index in [1.54, 1.807) is 0 Å². The minimum Gasteiger partial charge on any atom is -0.379 e. The predicted molar refractivity (Wildman–Crippen MR) is 73.8 cm³/mol. The molecule has 18 heavy (non-hydrogen) atoms. The van der Waals surface area contributed by atoms with Crippen LogP contribution in [0.1, 0.15) is 40.5 Å². The summed E-state index contributed by atoms with van der Waals surface area (Å²) in [7, 11) is 0. The van der Waals surface area contributed by atoms with Crippen molar-refractivity contribution >= 4 is 0 Å². The van der Waals surface area contributed by atoms with Crippen LogP contribution in [0.15, 0.2) is 0 Å². The summed E-state index contributed by atoms with van der Waals surface area (Å²) in [4.78, 5) is 5.40. The number of hydrogen-bond donors (Lipinski definition) is 0. The number of ether oxygens (including phenoxy) is 1. The van der Waals surface area contributed by atoms with Crippen molar-refractivity contribution in [3.63, 3.8) is 0 Å². The molecule has 0 spiro atoms. The maximum Gasteiger partial charge on any atom is 0.0594 e. The molecule has 3 aliphatic rings. The molecule has 3 heteroatoms. The lowest BCUT2D eigenvalue weighted by molar-refractivity contribution is 0.0280. The summed E-state index contributed by atoms with van der Waals surface area (Å²) >= 11 is 0. The van der Waals surface area contributed by atoms with Gasteiger partial charge in [-0.15, -0.1) is 0 Å². The first kappa shape index (κ1) is 12.9. The Morgan fingerprint density at radius 3 is 2.39 bits per heavy atom. The Balaban J connectivity index is 1.65. The van der Waals surface area contributed by atoms with Crippen LogP contribution in [0.25, 0.3) is 0 Å². The van der Waals surface area contributed by atoms with Gasteiger partial charge in [0.1, 0.15) is 0 Å². The molecule has 0 radical (unpaired) electrons. The van der Waals surface area contributed by atoms with E-state index in [1.165, 1.54) is 19.4 Å².